The van der Waals surface area contributed by atoms with Crippen LogP contribution in [0, 0.1) is 6.92 Å². The molecule has 2 rings (SSSR count). The first-order valence-corrected chi connectivity index (χ1v) is 7.58. The predicted molar refractivity (Wildman–Crippen MR) is 81.1 cm³/mol. The first-order valence-electron chi connectivity index (χ1n) is 7.58. The van der Waals surface area contributed by atoms with Crippen molar-refractivity contribution in [2.75, 3.05) is 13.1 Å². The molecule has 0 aromatic heterocycles. The van der Waals surface area contributed by atoms with Gasteiger partial charge in [0.25, 0.3) is 0 Å². The van der Waals surface area contributed by atoms with Crippen LogP contribution in [0.5, 0.6) is 0 Å². The van der Waals surface area contributed by atoms with Crippen LogP contribution in [0.3, 0.4) is 0 Å². The van der Waals surface area contributed by atoms with Crippen molar-refractivity contribution in [2.24, 2.45) is 0 Å². The summed E-state index contributed by atoms with van der Waals surface area (Å²) in [5, 5.41) is 9.69. The molecule has 3 heteroatoms. The number of carbonyl (C=O) groups is 1. The van der Waals surface area contributed by atoms with E-state index in [1.54, 1.807) is 0 Å². The molecule has 1 saturated heterocycles. The molecule has 1 atom stereocenters. The second-order valence-electron chi connectivity index (χ2n) is 6.11. The van der Waals surface area contributed by atoms with Crippen LogP contribution in [-0.4, -0.2) is 29.1 Å². The van der Waals surface area contributed by atoms with Crippen LogP contribution in [0.1, 0.15) is 61.8 Å². The third-order valence-electron chi connectivity index (χ3n) is 4.25. The molecule has 1 aliphatic heterocycles. The number of carboxylic acid groups (broad SMARTS) is 1. The van der Waals surface area contributed by atoms with Crippen LogP contribution in [0.2, 0.25) is 0 Å². The number of likely N-dealkylation sites (tertiary alicyclic amines) is 1. The van der Waals surface area contributed by atoms with Gasteiger partial charge in [-0.3, -0.25) is 9.69 Å². The summed E-state index contributed by atoms with van der Waals surface area (Å²) in [6.45, 7) is 8.08. The van der Waals surface area contributed by atoms with Crippen molar-refractivity contribution < 1.29 is 9.90 Å². The summed E-state index contributed by atoms with van der Waals surface area (Å²) in [6.07, 6.45) is 3.42. The zero-order valence-corrected chi connectivity index (χ0v) is 12.7. The smallest absolute Gasteiger partial charge is 0.325 e. The number of piperidine rings is 1. The normalized spacial score (nSPS) is 18.2. The number of hydrogen-bond donors (Lipinski definition) is 1. The lowest BCUT2D eigenvalue weighted by molar-refractivity contribution is -0.144. The third-order valence-corrected chi connectivity index (χ3v) is 4.25. The molecule has 0 amide bonds. The summed E-state index contributed by atoms with van der Waals surface area (Å²) in [5.41, 5.74) is 3.26. The second kappa shape index (κ2) is 6.40. The summed E-state index contributed by atoms with van der Waals surface area (Å²) >= 11 is 0. The number of benzene rings is 1. The Kier molecular flexibility index (Phi) is 4.81. The van der Waals surface area contributed by atoms with Crippen molar-refractivity contribution in [3.8, 4) is 0 Å². The molecular weight excluding hydrogens is 250 g/mol. The molecule has 0 bridgehead atoms. The highest BCUT2D eigenvalue weighted by molar-refractivity contribution is 5.76. The molecule has 0 saturated carbocycles. The number of hydrogen-bond acceptors (Lipinski definition) is 2. The minimum absolute atomic E-state index is 0.421. The van der Waals surface area contributed by atoms with Crippen molar-refractivity contribution in [2.45, 2.75) is 52.0 Å². The van der Waals surface area contributed by atoms with E-state index in [1.165, 1.54) is 12.0 Å². The number of carboxylic acids is 1. The van der Waals surface area contributed by atoms with Crippen LogP contribution < -0.4 is 0 Å². The Bertz CT molecular complexity index is 476. The van der Waals surface area contributed by atoms with E-state index in [4.69, 9.17) is 0 Å². The summed E-state index contributed by atoms with van der Waals surface area (Å²) < 4.78 is 0. The average Bonchev–Trinajstić information content (AvgIpc) is 2.41. The lowest BCUT2D eigenvalue weighted by Crippen LogP contribution is -2.38. The molecule has 0 aliphatic carbocycles. The Hall–Kier alpha value is -1.35. The van der Waals surface area contributed by atoms with Crippen molar-refractivity contribution in [1.82, 2.24) is 4.90 Å². The molecule has 0 radical (unpaired) electrons. The van der Waals surface area contributed by atoms with E-state index in [0.717, 1.165) is 37.1 Å². The first-order chi connectivity index (χ1) is 9.50. The minimum atomic E-state index is -0.726. The SMILES string of the molecule is Cc1ccc(C(C)C)cc1C(C(=O)O)N1CCCCC1. The zero-order valence-electron chi connectivity index (χ0n) is 12.7. The standard InChI is InChI=1S/C17H25NO2/c1-12(2)14-8-7-13(3)15(11-14)16(17(19)20)18-9-5-4-6-10-18/h7-8,11-12,16H,4-6,9-10H2,1-3H3,(H,19,20). The molecule has 1 unspecified atom stereocenters. The van der Waals surface area contributed by atoms with E-state index in [-0.39, 0.29) is 0 Å². The van der Waals surface area contributed by atoms with Crippen molar-refractivity contribution in [1.29, 1.82) is 0 Å². The molecule has 110 valence electrons. The average molecular weight is 275 g/mol. The van der Waals surface area contributed by atoms with Gasteiger partial charge in [-0.1, -0.05) is 38.5 Å². The Balaban J connectivity index is 2.37. The van der Waals surface area contributed by atoms with Crippen molar-refractivity contribution in [3.05, 3.63) is 34.9 Å². The lowest BCUT2D eigenvalue weighted by atomic mass is 9.92. The highest BCUT2D eigenvalue weighted by Gasteiger charge is 2.29. The van der Waals surface area contributed by atoms with E-state index in [0.29, 0.717) is 5.92 Å². The van der Waals surface area contributed by atoms with Crippen LogP contribution >= 0.6 is 0 Å². The molecule has 1 aromatic carbocycles. The van der Waals surface area contributed by atoms with Gasteiger partial charge in [0.15, 0.2) is 0 Å². The van der Waals surface area contributed by atoms with E-state index >= 15 is 0 Å². The van der Waals surface area contributed by atoms with Gasteiger partial charge >= 0.3 is 5.97 Å². The fraction of sp³-hybridized carbons (Fsp3) is 0.588. The van der Waals surface area contributed by atoms with E-state index in [2.05, 4.69) is 36.9 Å². The Morgan fingerprint density at radius 2 is 1.85 bits per heavy atom. The van der Waals surface area contributed by atoms with Gasteiger partial charge in [0.05, 0.1) is 0 Å². The predicted octanol–water partition coefficient (Wildman–Crippen LogP) is 3.73. The fourth-order valence-electron chi connectivity index (χ4n) is 2.98. The Labute approximate surface area is 121 Å². The largest absolute Gasteiger partial charge is 0.480 e. The van der Waals surface area contributed by atoms with Gasteiger partial charge in [-0.25, -0.2) is 0 Å². The van der Waals surface area contributed by atoms with Gasteiger partial charge < -0.3 is 5.11 Å². The van der Waals surface area contributed by atoms with Crippen LogP contribution in [0.4, 0.5) is 0 Å². The maximum atomic E-state index is 11.8. The molecule has 1 N–H and O–H groups in total. The van der Waals surface area contributed by atoms with E-state index < -0.39 is 12.0 Å². The van der Waals surface area contributed by atoms with Gasteiger partial charge in [-0.2, -0.15) is 0 Å². The van der Waals surface area contributed by atoms with Gasteiger partial charge in [-0.15, -0.1) is 0 Å². The van der Waals surface area contributed by atoms with Crippen LogP contribution in [-0.2, 0) is 4.79 Å². The monoisotopic (exact) mass is 275 g/mol. The summed E-state index contributed by atoms with van der Waals surface area (Å²) in [4.78, 5) is 13.9. The maximum absolute atomic E-state index is 11.8. The topological polar surface area (TPSA) is 40.5 Å². The van der Waals surface area contributed by atoms with Gasteiger partial charge in [0.1, 0.15) is 6.04 Å². The second-order valence-corrected chi connectivity index (χ2v) is 6.11. The van der Waals surface area contributed by atoms with E-state index in [1.807, 2.05) is 6.92 Å². The molecular formula is C17H25NO2. The summed E-state index contributed by atoms with van der Waals surface area (Å²) in [5.74, 6) is -0.305. The number of rotatable bonds is 4. The summed E-state index contributed by atoms with van der Waals surface area (Å²) in [6, 6.07) is 5.77. The molecule has 0 spiro atoms. The van der Waals surface area contributed by atoms with Crippen LogP contribution in [0.15, 0.2) is 18.2 Å². The maximum Gasteiger partial charge on any atom is 0.325 e. The van der Waals surface area contributed by atoms with Crippen molar-refractivity contribution >= 4 is 5.97 Å². The molecule has 20 heavy (non-hydrogen) atoms. The quantitative estimate of drug-likeness (QED) is 0.910. The zero-order chi connectivity index (χ0) is 14.7. The first kappa shape index (κ1) is 15.0. The number of aryl methyl sites for hydroxylation is 1. The molecule has 1 fully saturated rings. The molecule has 1 aromatic rings. The number of nitrogens with zero attached hydrogens (tertiary/aromatic N) is 1. The van der Waals surface area contributed by atoms with Gasteiger partial charge in [0.2, 0.25) is 0 Å². The Morgan fingerprint density at radius 1 is 1.20 bits per heavy atom. The van der Waals surface area contributed by atoms with Gasteiger partial charge in [-0.05, 0) is 55.5 Å². The highest BCUT2D eigenvalue weighted by atomic mass is 16.4. The number of aliphatic carboxylic acids is 1. The third kappa shape index (κ3) is 3.21. The minimum Gasteiger partial charge on any atom is -0.480 e. The lowest BCUT2D eigenvalue weighted by Gasteiger charge is -2.33. The van der Waals surface area contributed by atoms with E-state index in [9.17, 15) is 9.90 Å². The molecule has 1 aliphatic rings. The molecule has 1 heterocycles. The van der Waals surface area contributed by atoms with Crippen LogP contribution in [0.25, 0.3) is 0 Å². The van der Waals surface area contributed by atoms with Gasteiger partial charge in [0, 0.05) is 0 Å². The Morgan fingerprint density at radius 3 is 2.40 bits per heavy atom. The highest BCUT2D eigenvalue weighted by Crippen LogP contribution is 2.29. The summed E-state index contributed by atoms with van der Waals surface area (Å²) in [7, 11) is 0. The fourth-order valence-corrected chi connectivity index (χ4v) is 2.98. The van der Waals surface area contributed by atoms with Crippen molar-refractivity contribution in [3.63, 3.8) is 0 Å². The molecule has 3 nitrogen and oxygen atoms in total.